The molecule has 0 saturated heterocycles. The number of aromatic nitrogens is 2. The van der Waals surface area contributed by atoms with Gasteiger partial charge in [-0.25, -0.2) is 0 Å². The van der Waals surface area contributed by atoms with Gasteiger partial charge < -0.3 is 5.11 Å². The number of aromatic hydroxyl groups is 1. The van der Waals surface area contributed by atoms with E-state index in [2.05, 4.69) is 47.4 Å². The fraction of sp³-hybridized carbons (Fsp3) is 0.100. The minimum atomic E-state index is -0.439. The molecule has 0 aliphatic carbocycles. The van der Waals surface area contributed by atoms with E-state index >= 15 is 0 Å². The lowest BCUT2D eigenvalue weighted by molar-refractivity contribution is 0.102. The van der Waals surface area contributed by atoms with Gasteiger partial charge in [0, 0.05) is 4.47 Å². The molecule has 0 spiro atoms. The van der Waals surface area contributed by atoms with Gasteiger partial charge in [0.25, 0.3) is 5.91 Å². The molecule has 0 aliphatic rings. The van der Waals surface area contributed by atoms with Crippen molar-refractivity contribution in [3.63, 3.8) is 0 Å². The smallest absolute Gasteiger partial charge is 0.261 e. The zero-order chi connectivity index (χ0) is 13.3. The van der Waals surface area contributed by atoms with E-state index < -0.39 is 5.91 Å². The van der Waals surface area contributed by atoms with Crippen LogP contribution >= 0.6 is 43.2 Å². The second kappa shape index (κ2) is 5.33. The number of amides is 1. The Labute approximate surface area is 124 Å². The Bertz CT molecular complexity index is 615. The fourth-order valence-corrected chi connectivity index (χ4v) is 3.06. The Balaban J connectivity index is 2.29. The first-order chi connectivity index (χ1) is 8.47. The molecule has 18 heavy (non-hydrogen) atoms. The number of hydrogen-bond acceptors (Lipinski definition) is 5. The molecule has 0 atom stereocenters. The monoisotopic (exact) mass is 391 g/mol. The largest absolute Gasteiger partial charge is 0.506 e. The third-order valence-electron chi connectivity index (χ3n) is 2.02. The summed E-state index contributed by atoms with van der Waals surface area (Å²) in [6.07, 6.45) is 0. The highest BCUT2D eigenvalue weighted by Gasteiger charge is 2.16. The normalized spacial score (nSPS) is 10.4. The fourth-order valence-electron chi connectivity index (χ4n) is 1.25. The van der Waals surface area contributed by atoms with Gasteiger partial charge in [-0.05, 0) is 35.0 Å². The third-order valence-corrected chi connectivity index (χ3v) is 3.84. The standard InChI is InChI=1S/C10H7Br2N3O2S/c1-4-14-15-10(18-4)13-9(17)6-2-5(11)3-7(12)8(6)16/h2-3,16H,1H3,(H,13,15,17). The number of carbonyl (C=O) groups excluding carboxylic acids is 1. The van der Waals surface area contributed by atoms with Gasteiger partial charge in [-0.2, -0.15) is 0 Å². The number of phenolic OH excluding ortho intramolecular Hbond substituents is 1. The minimum Gasteiger partial charge on any atom is -0.506 e. The van der Waals surface area contributed by atoms with Crippen molar-refractivity contribution in [1.29, 1.82) is 0 Å². The Morgan fingerprint density at radius 3 is 2.72 bits per heavy atom. The molecule has 5 nitrogen and oxygen atoms in total. The summed E-state index contributed by atoms with van der Waals surface area (Å²) in [5, 5.41) is 21.1. The first-order valence-corrected chi connectivity index (χ1v) is 7.17. The molecule has 2 rings (SSSR count). The van der Waals surface area contributed by atoms with E-state index in [0.717, 1.165) is 5.01 Å². The average Bonchev–Trinajstić information content (AvgIpc) is 2.69. The molecule has 0 unspecified atom stereocenters. The zero-order valence-corrected chi connectivity index (χ0v) is 13.1. The summed E-state index contributed by atoms with van der Waals surface area (Å²) in [7, 11) is 0. The lowest BCUT2D eigenvalue weighted by Crippen LogP contribution is -2.12. The number of halogens is 2. The molecule has 1 heterocycles. The SMILES string of the molecule is Cc1nnc(NC(=O)c2cc(Br)cc(Br)c2O)s1. The van der Waals surface area contributed by atoms with Crippen LogP contribution in [0, 0.1) is 6.92 Å². The number of benzene rings is 1. The number of aryl methyl sites for hydroxylation is 1. The van der Waals surface area contributed by atoms with E-state index in [-0.39, 0.29) is 11.3 Å². The predicted molar refractivity (Wildman–Crippen MR) is 76.1 cm³/mol. The lowest BCUT2D eigenvalue weighted by atomic mass is 10.2. The van der Waals surface area contributed by atoms with Gasteiger partial charge in [-0.1, -0.05) is 27.3 Å². The molecule has 0 aliphatic heterocycles. The number of nitrogens with zero attached hydrogens (tertiary/aromatic N) is 2. The highest BCUT2D eigenvalue weighted by atomic mass is 79.9. The van der Waals surface area contributed by atoms with Crippen LogP contribution in [0.1, 0.15) is 15.4 Å². The van der Waals surface area contributed by atoms with Crippen LogP contribution in [0.3, 0.4) is 0 Å². The Kier molecular flexibility index (Phi) is 3.98. The van der Waals surface area contributed by atoms with Crippen molar-refractivity contribution >= 4 is 54.2 Å². The van der Waals surface area contributed by atoms with Gasteiger partial charge in [0.2, 0.25) is 5.13 Å². The maximum atomic E-state index is 12.0. The molecule has 1 aromatic heterocycles. The van der Waals surface area contributed by atoms with Crippen molar-refractivity contribution in [3.8, 4) is 5.75 Å². The van der Waals surface area contributed by atoms with Crippen molar-refractivity contribution in [1.82, 2.24) is 10.2 Å². The van der Waals surface area contributed by atoms with Crippen LogP contribution < -0.4 is 5.32 Å². The quantitative estimate of drug-likeness (QED) is 0.821. The summed E-state index contributed by atoms with van der Waals surface area (Å²) < 4.78 is 1.13. The van der Waals surface area contributed by atoms with Crippen molar-refractivity contribution in [2.24, 2.45) is 0 Å². The van der Waals surface area contributed by atoms with Crippen LogP contribution in [0.5, 0.6) is 5.75 Å². The maximum absolute atomic E-state index is 12.0. The number of hydrogen-bond donors (Lipinski definition) is 2. The number of carbonyl (C=O) groups is 1. The molecule has 0 bridgehead atoms. The molecular formula is C10H7Br2N3O2S. The van der Waals surface area contributed by atoms with E-state index in [1.807, 2.05) is 0 Å². The molecule has 94 valence electrons. The van der Waals surface area contributed by atoms with Crippen LogP contribution in [0.25, 0.3) is 0 Å². The second-order valence-electron chi connectivity index (χ2n) is 3.36. The van der Waals surface area contributed by atoms with Crippen LogP contribution in [-0.4, -0.2) is 21.2 Å². The maximum Gasteiger partial charge on any atom is 0.261 e. The Morgan fingerprint density at radius 2 is 2.11 bits per heavy atom. The summed E-state index contributed by atoms with van der Waals surface area (Å²) in [5.74, 6) is -0.553. The molecule has 1 amide bonds. The van der Waals surface area contributed by atoms with Crippen LogP contribution in [0.15, 0.2) is 21.1 Å². The number of rotatable bonds is 2. The first kappa shape index (κ1) is 13.4. The van der Waals surface area contributed by atoms with Gasteiger partial charge in [-0.15, -0.1) is 10.2 Å². The van der Waals surface area contributed by atoms with E-state index in [1.54, 1.807) is 13.0 Å². The first-order valence-electron chi connectivity index (χ1n) is 4.77. The molecule has 2 N–H and O–H groups in total. The Morgan fingerprint density at radius 1 is 1.39 bits per heavy atom. The summed E-state index contributed by atoms with van der Waals surface area (Å²) in [6, 6.07) is 3.19. The van der Waals surface area contributed by atoms with Crippen molar-refractivity contribution in [2.45, 2.75) is 6.92 Å². The van der Waals surface area contributed by atoms with E-state index in [9.17, 15) is 9.90 Å². The van der Waals surface area contributed by atoms with Crippen LogP contribution in [-0.2, 0) is 0 Å². The van der Waals surface area contributed by atoms with Gasteiger partial charge in [-0.3, -0.25) is 10.1 Å². The third kappa shape index (κ3) is 2.88. The van der Waals surface area contributed by atoms with Crippen LogP contribution in [0.2, 0.25) is 0 Å². The summed E-state index contributed by atoms with van der Waals surface area (Å²) >= 11 is 7.69. The lowest BCUT2D eigenvalue weighted by Gasteiger charge is -2.06. The number of phenols is 1. The predicted octanol–water partition coefficient (Wildman–Crippen LogP) is 3.33. The number of nitrogens with one attached hydrogen (secondary N) is 1. The molecule has 8 heteroatoms. The van der Waals surface area contributed by atoms with Crippen molar-refractivity contribution < 1.29 is 9.90 Å². The van der Waals surface area contributed by atoms with Gasteiger partial charge in [0.05, 0.1) is 10.0 Å². The average molecular weight is 393 g/mol. The van der Waals surface area contributed by atoms with Gasteiger partial charge in [0.1, 0.15) is 10.8 Å². The topological polar surface area (TPSA) is 75.1 Å². The Hall–Kier alpha value is -0.990. The van der Waals surface area contributed by atoms with E-state index in [0.29, 0.717) is 14.1 Å². The molecule has 0 fully saturated rings. The highest BCUT2D eigenvalue weighted by molar-refractivity contribution is 9.11. The summed E-state index contributed by atoms with van der Waals surface area (Å²) in [5.41, 5.74) is 0.157. The minimum absolute atomic E-state index is 0.114. The highest BCUT2D eigenvalue weighted by Crippen LogP contribution is 2.32. The molecule has 0 radical (unpaired) electrons. The molecular weight excluding hydrogens is 386 g/mol. The summed E-state index contributed by atoms with van der Waals surface area (Å²) in [6.45, 7) is 1.79. The second-order valence-corrected chi connectivity index (χ2v) is 6.32. The van der Waals surface area contributed by atoms with Crippen molar-refractivity contribution in [3.05, 3.63) is 31.6 Å². The van der Waals surface area contributed by atoms with Gasteiger partial charge in [0.15, 0.2) is 0 Å². The van der Waals surface area contributed by atoms with Crippen LogP contribution in [0.4, 0.5) is 5.13 Å². The van der Waals surface area contributed by atoms with E-state index in [4.69, 9.17) is 0 Å². The van der Waals surface area contributed by atoms with E-state index in [1.165, 1.54) is 17.4 Å². The molecule has 0 saturated carbocycles. The summed E-state index contributed by atoms with van der Waals surface area (Å²) in [4.78, 5) is 12.0. The van der Waals surface area contributed by atoms with Crippen molar-refractivity contribution in [2.75, 3.05) is 5.32 Å². The molecule has 2 aromatic rings. The zero-order valence-electron chi connectivity index (χ0n) is 9.07. The number of anilines is 1. The molecule has 1 aromatic carbocycles. The van der Waals surface area contributed by atoms with Gasteiger partial charge >= 0.3 is 0 Å².